The Balaban J connectivity index is 1.64. The number of hydrogen-bond donors (Lipinski definition) is 2. The highest BCUT2D eigenvalue weighted by Crippen LogP contribution is 2.37. The molecule has 3 unspecified atom stereocenters. The normalized spacial score (nSPS) is 40.5. The van der Waals surface area contributed by atoms with Crippen molar-refractivity contribution in [3.8, 4) is 0 Å². The van der Waals surface area contributed by atoms with E-state index in [0.717, 1.165) is 25.2 Å². The van der Waals surface area contributed by atoms with E-state index in [0.29, 0.717) is 12.1 Å². The first kappa shape index (κ1) is 13.4. The fourth-order valence-corrected chi connectivity index (χ4v) is 3.93. The summed E-state index contributed by atoms with van der Waals surface area (Å²) in [5.74, 6) is 0.667. The molecule has 19 heavy (non-hydrogen) atoms. The second-order valence-corrected chi connectivity index (χ2v) is 7.00. The van der Waals surface area contributed by atoms with E-state index in [1.165, 1.54) is 38.8 Å². The van der Waals surface area contributed by atoms with Gasteiger partial charge in [-0.1, -0.05) is 6.92 Å². The lowest BCUT2D eigenvalue weighted by Crippen LogP contribution is -2.55. The Labute approximate surface area is 116 Å². The van der Waals surface area contributed by atoms with Crippen molar-refractivity contribution in [3.63, 3.8) is 0 Å². The number of carbonyl (C=O) groups is 1. The molecule has 0 bridgehead atoms. The zero-order valence-electron chi connectivity index (χ0n) is 12.0. The molecule has 2 saturated carbocycles. The van der Waals surface area contributed by atoms with Gasteiger partial charge in [-0.05, 0) is 57.4 Å². The number of likely N-dealkylation sites (tertiary alicyclic amines) is 1. The van der Waals surface area contributed by atoms with E-state index in [1.54, 1.807) is 0 Å². The first-order valence-electron chi connectivity index (χ1n) is 7.91. The van der Waals surface area contributed by atoms with Crippen LogP contribution in [0.2, 0.25) is 0 Å². The Hall–Kier alpha value is -0.610. The van der Waals surface area contributed by atoms with Gasteiger partial charge in [0.05, 0.1) is 5.54 Å². The second kappa shape index (κ2) is 5.06. The van der Waals surface area contributed by atoms with Crippen LogP contribution >= 0.6 is 0 Å². The van der Waals surface area contributed by atoms with Crippen molar-refractivity contribution in [2.45, 2.75) is 69.5 Å². The summed E-state index contributed by atoms with van der Waals surface area (Å²) in [5.41, 5.74) is 5.30. The molecule has 1 aliphatic heterocycles. The molecule has 3 rings (SSSR count). The van der Waals surface area contributed by atoms with E-state index in [9.17, 15) is 4.79 Å². The Bertz CT molecular complexity index is 355. The molecule has 0 spiro atoms. The summed E-state index contributed by atoms with van der Waals surface area (Å²) in [5, 5.41) is 3.54. The van der Waals surface area contributed by atoms with Gasteiger partial charge in [0, 0.05) is 18.6 Å². The quantitative estimate of drug-likeness (QED) is 0.804. The van der Waals surface area contributed by atoms with Crippen molar-refractivity contribution in [2.75, 3.05) is 13.1 Å². The number of hydrogen-bond acceptors (Lipinski definition) is 3. The van der Waals surface area contributed by atoms with Gasteiger partial charge < -0.3 is 16.0 Å². The maximum atomic E-state index is 11.9. The lowest BCUT2D eigenvalue weighted by Gasteiger charge is -2.36. The Morgan fingerprint density at radius 3 is 2.74 bits per heavy atom. The average molecular weight is 265 g/mol. The highest BCUT2D eigenvalue weighted by atomic mass is 16.1. The van der Waals surface area contributed by atoms with Gasteiger partial charge in [-0.15, -0.1) is 0 Å². The predicted octanol–water partition coefficient (Wildman–Crippen LogP) is 1.25. The molecule has 4 heteroatoms. The highest BCUT2D eigenvalue weighted by Gasteiger charge is 2.48. The fraction of sp³-hybridized carbons (Fsp3) is 0.933. The molecular formula is C15H27N3O. The predicted molar refractivity (Wildman–Crippen MR) is 75.7 cm³/mol. The molecule has 3 atom stereocenters. The third-order valence-corrected chi connectivity index (χ3v) is 5.22. The first-order valence-corrected chi connectivity index (χ1v) is 7.91. The van der Waals surface area contributed by atoms with Crippen LogP contribution in [0.5, 0.6) is 0 Å². The summed E-state index contributed by atoms with van der Waals surface area (Å²) in [7, 11) is 0. The number of nitrogens with one attached hydrogen (secondary N) is 1. The van der Waals surface area contributed by atoms with Gasteiger partial charge in [-0.2, -0.15) is 0 Å². The molecule has 1 heterocycles. The van der Waals surface area contributed by atoms with E-state index in [2.05, 4.69) is 17.1 Å². The average Bonchev–Trinajstić information content (AvgIpc) is 3.06. The number of carbonyl (C=O) groups excluding carboxylic acids is 1. The monoisotopic (exact) mass is 265 g/mol. The number of primary amides is 1. The van der Waals surface area contributed by atoms with Crippen LogP contribution in [-0.2, 0) is 4.79 Å². The number of nitrogens with zero attached hydrogens (tertiary/aromatic N) is 1. The molecule has 0 aromatic heterocycles. The van der Waals surface area contributed by atoms with E-state index in [-0.39, 0.29) is 5.91 Å². The second-order valence-electron chi connectivity index (χ2n) is 7.00. The van der Waals surface area contributed by atoms with Crippen molar-refractivity contribution < 1.29 is 4.79 Å². The molecular weight excluding hydrogens is 238 g/mol. The van der Waals surface area contributed by atoms with Gasteiger partial charge in [0.1, 0.15) is 0 Å². The summed E-state index contributed by atoms with van der Waals surface area (Å²) in [6, 6.07) is 1.10. The summed E-state index contributed by atoms with van der Waals surface area (Å²) < 4.78 is 0. The van der Waals surface area contributed by atoms with Crippen molar-refractivity contribution in [2.24, 2.45) is 11.7 Å². The topological polar surface area (TPSA) is 58.4 Å². The Morgan fingerprint density at radius 1 is 1.32 bits per heavy atom. The van der Waals surface area contributed by atoms with Gasteiger partial charge in [0.25, 0.3) is 0 Å². The fourth-order valence-electron chi connectivity index (χ4n) is 3.93. The summed E-state index contributed by atoms with van der Waals surface area (Å²) in [6.07, 6.45) is 8.04. The smallest absolute Gasteiger partial charge is 0.237 e. The number of amides is 1. The van der Waals surface area contributed by atoms with Crippen molar-refractivity contribution in [1.29, 1.82) is 0 Å². The molecule has 4 nitrogen and oxygen atoms in total. The van der Waals surface area contributed by atoms with Crippen molar-refractivity contribution in [3.05, 3.63) is 0 Å². The minimum absolute atomic E-state index is 0.132. The molecule has 0 aromatic carbocycles. The Kier molecular flexibility index (Phi) is 3.56. The van der Waals surface area contributed by atoms with Crippen LogP contribution in [-0.4, -0.2) is 41.5 Å². The molecule has 0 radical (unpaired) electrons. The van der Waals surface area contributed by atoms with Crippen LogP contribution < -0.4 is 11.1 Å². The maximum Gasteiger partial charge on any atom is 0.237 e. The van der Waals surface area contributed by atoms with E-state index < -0.39 is 5.54 Å². The van der Waals surface area contributed by atoms with Crippen molar-refractivity contribution in [1.82, 2.24) is 10.2 Å². The maximum absolute atomic E-state index is 11.9. The lowest BCUT2D eigenvalue weighted by atomic mass is 9.94. The third-order valence-electron chi connectivity index (χ3n) is 5.22. The summed E-state index contributed by atoms with van der Waals surface area (Å²) >= 11 is 0. The van der Waals surface area contributed by atoms with Crippen LogP contribution in [0.15, 0.2) is 0 Å². The van der Waals surface area contributed by atoms with E-state index in [1.807, 2.05) is 0 Å². The highest BCUT2D eigenvalue weighted by molar-refractivity contribution is 5.85. The standard InChI is InChI=1S/C15H27N3O/c1-11-3-2-8-18(10-11)13-6-7-15(9-13,14(16)19)17-12-4-5-12/h11-13,17H,2-10H2,1H3,(H2,16,19). The van der Waals surface area contributed by atoms with Gasteiger partial charge in [-0.3, -0.25) is 4.79 Å². The minimum atomic E-state index is -0.410. The zero-order chi connectivity index (χ0) is 13.5. The Morgan fingerprint density at radius 2 is 2.11 bits per heavy atom. The minimum Gasteiger partial charge on any atom is -0.368 e. The molecule has 1 amide bonds. The largest absolute Gasteiger partial charge is 0.368 e. The molecule has 1 saturated heterocycles. The SMILES string of the molecule is CC1CCCN(C2CCC(NC3CC3)(C(N)=O)C2)C1. The summed E-state index contributed by atoms with van der Waals surface area (Å²) in [4.78, 5) is 14.5. The van der Waals surface area contributed by atoms with Gasteiger partial charge >= 0.3 is 0 Å². The summed E-state index contributed by atoms with van der Waals surface area (Å²) in [6.45, 7) is 4.74. The number of rotatable bonds is 4. The lowest BCUT2D eigenvalue weighted by molar-refractivity contribution is -0.124. The molecule has 108 valence electrons. The molecule has 0 aromatic rings. The molecule has 3 N–H and O–H groups in total. The van der Waals surface area contributed by atoms with Crippen LogP contribution in [0.4, 0.5) is 0 Å². The zero-order valence-corrected chi connectivity index (χ0v) is 12.0. The van der Waals surface area contributed by atoms with Gasteiger partial charge in [0.2, 0.25) is 5.91 Å². The third kappa shape index (κ3) is 2.79. The first-order chi connectivity index (χ1) is 9.09. The van der Waals surface area contributed by atoms with E-state index >= 15 is 0 Å². The van der Waals surface area contributed by atoms with Crippen LogP contribution in [0.3, 0.4) is 0 Å². The van der Waals surface area contributed by atoms with Gasteiger partial charge in [0.15, 0.2) is 0 Å². The van der Waals surface area contributed by atoms with Crippen molar-refractivity contribution >= 4 is 5.91 Å². The van der Waals surface area contributed by atoms with Crippen LogP contribution in [0.25, 0.3) is 0 Å². The van der Waals surface area contributed by atoms with E-state index in [4.69, 9.17) is 5.73 Å². The number of nitrogens with two attached hydrogens (primary N) is 1. The number of piperidine rings is 1. The molecule has 3 fully saturated rings. The van der Waals surface area contributed by atoms with Gasteiger partial charge in [-0.25, -0.2) is 0 Å². The van der Waals surface area contributed by atoms with Crippen LogP contribution in [0, 0.1) is 5.92 Å². The molecule has 3 aliphatic rings. The molecule has 2 aliphatic carbocycles. The van der Waals surface area contributed by atoms with Crippen LogP contribution in [0.1, 0.15) is 51.9 Å².